The topological polar surface area (TPSA) is 92.6 Å². The molecule has 2 atom stereocenters. The summed E-state index contributed by atoms with van der Waals surface area (Å²) in [6, 6.07) is 19.0. The first kappa shape index (κ1) is 26.7. The molecule has 0 radical (unpaired) electrons. The number of hydrogen-bond donors (Lipinski definition) is 1. The Bertz CT molecular complexity index is 1460. The van der Waals surface area contributed by atoms with Crippen molar-refractivity contribution < 1.29 is 23.5 Å². The van der Waals surface area contributed by atoms with Crippen LogP contribution in [0.5, 0.6) is 11.5 Å². The average molecular weight is 567 g/mol. The van der Waals surface area contributed by atoms with Crippen LogP contribution in [0.15, 0.2) is 76.8 Å². The van der Waals surface area contributed by atoms with Crippen LogP contribution in [0.1, 0.15) is 30.0 Å². The number of hydrazone groups is 1. The number of anilines is 1. The van der Waals surface area contributed by atoms with Gasteiger partial charge in [0.05, 0.1) is 31.0 Å². The van der Waals surface area contributed by atoms with Gasteiger partial charge in [0, 0.05) is 18.5 Å². The van der Waals surface area contributed by atoms with Crippen LogP contribution in [-0.4, -0.2) is 47.2 Å². The number of thioether (sulfide) groups is 1. The van der Waals surface area contributed by atoms with E-state index in [-0.39, 0.29) is 17.5 Å². The van der Waals surface area contributed by atoms with Gasteiger partial charge >= 0.3 is 0 Å². The molecule has 1 N–H and O–H groups in total. The smallest absolute Gasteiger partial charge is 0.262 e. The molecule has 3 aromatic rings. The number of nitrogens with zero attached hydrogens (tertiary/aromatic N) is 3. The van der Waals surface area contributed by atoms with Crippen LogP contribution in [0.25, 0.3) is 0 Å². The largest absolute Gasteiger partial charge is 0.497 e. The van der Waals surface area contributed by atoms with Gasteiger partial charge in [0.2, 0.25) is 5.91 Å². The molecule has 0 aliphatic carbocycles. The third kappa shape index (κ3) is 5.91. The number of halogens is 2. The van der Waals surface area contributed by atoms with Crippen molar-refractivity contribution in [2.75, 3.05) is 19.5 Å². The van der Waals surface area contributed by atoms with E-state index in [1.165, 1.54) is 30.0 Å². The number of amidine groups is 1. The zero-order chi connectivity index (χ0) is 27.5. The van der Waals surface area contributed by atoms with Crippen molar-refractivity contribution in [2.45, 2.75) is 24.1 Å². The third-order valence-corrected chi connectivity index (χ3v) is 7.76. The lowest BCUT2D eigenvalue weighted by Crippen LogP contribution is -2.25. The van der Waals surface area contributed by atoms with Gasteiger partial charge in [-0.2, -0.15) is 10.1 Å². The van der Waals surface area contributed by atoms with Crippen LogP contribution < -0.4 is 14.8 Å². The molecule has 2 aliphatic heterocycles. The minimum Gasteiger partial charge on any atom is -0.497 e. The van der Waals surface area contributed by atoms with Crippen molar-refractivity contribution in [1.82, 2.24) is 5.01 Å². The van der Waals surface area contributed by atoms with Crippen molar-refractivity contribution in [1.29, 1.82) is 0 Å². The predicted octanol–water partition coefficient (Wildman–Crippen LogP) is 5.67. The van der Waals surface area contributed by atoms with Crippen molar-refractivity contribution in [2.24, 2.45) is 10.1 Å². The first-order valence-corrected chi connectivity index (χ1v) is 13.3. The minimum absolute atomic E-state index is 0.103. The first-order chi connectivity index (χ1) is 18.8. The zero-order valence-corrected chi connectivity index (χ0v) is 22.6. The van der Waals surface area contributed by atoms with Gasteiger partial charge in [-0.1, -0.05) is 35.5 Å². The number of nitrogens with one attached hydrogen (secondary N) is 1. The number of carbonyl (C=O) groups is 2. The van der Waals surface area contributed by atoms with Crippen molar-refractivity contribution in [3.8, 4) is 11.5 Å². The van der Waals surface area contributed by atoms with E-state index in [1.807, 2.05) is 48.5 Å². The van der Waals surface area contributed by atoms with Crippen LogP contribution in [0.3, 0.4) is 0 Å². The number of aliphatic imine (C=N–C) groups is 1. The molecule has 0 saturated heterocycles. The molecule has 2 aliphatic rings. The van der Waals surface area contributed by atoms with Gasteiger partial charge in [0.25, 0.3) is 5.91 Å². The SMILES string of the molecule is COc1ccc(C2=NN(C3=NC(=O)[C@H](CC(=O)Nc4ccc(F)c(Cl)c4)S3)[C@H](c3ccc(OC)cc3)C2)cc1. The van der Waals surface area contributed by atoms with Gasteiger partial charge in [0.15, 0.2) is 5.17 Å². The minimum atomic E-state index is -0.715. The van der Waals surface area contributed by atoms with Crippen LogP contribution in [0.2, 0.25) is 5.02 Å². The standard InChI is InChI=1S/C28H24ClFN4O4S/c1-37-19-8-3-16(4-9-19)23-14-24(17-5-10-20(38-2)11-6-17)34(33-23)28-32-27(36)25(39-28)15-26(35)31-18-7-12-22(30)21(29)13-18/h3-13,24-25H,14-15H2,1-2H3,(H,31,35)/t24-,25-/m0/s1. The summed E-state index contributed by atoms with van der Waals surface area (Å²) in [6.07, 6.45) is 0.477. The molecule has 5 rings (SSSR count). The fourth-order valence-corrected chi connectivity index (χ4v) is 5.53. The number of methoxy groups -OCH3 is 2. The first-order valence-electron chi connectivity index (χ1n) is 12.0. The van der Waals surface area contributed by atoms with Gasteiger partial charge < -0.3 is 14.8 Å². The highest BCUT2D eigenvalue weighted by atomic mass is 35.5. The average Bonchev–Trinajstić information content (AvgIpc) is 3.54. The summed E-state index contributed by atoms with van der Waals surface area (Å²) in [7, 11) is 3.22. The Hall–Kier alpha value is -3.89. The summed E-state index contributed by atoms with van der Waals surface area (Å²) >= 11 is 7.00. The van der Waals surface area contributed by atoms with Crippen molar-refractivity contribution in [3.63, 3.8) is 0 Å². The van der Waals surface area contributed by atoms with Gasteiger partial charge in [-0.15, -0.1) is 0 Å². The Balaban J connectivity index is 1.35. The van der Waals surface area contributed by atoms with E-state index >= 15 is 0 Å². The Morgan fingerprint density at radius 2 is 1.74 bits per heavy atom. The van der Waals surface area contributed by atoms with E-state index in [0.717, 1.165) is 28.3 Å². The molecule has 2 amide bonds. The molecule has 2 heterocycles. The highest BCUT2D eigenvalue weighted by Gasteiger charge is 2.39. The number of hydrogen-bond acceptors (Lipinski definition) is 7. The predicted molar refractivity (Wildman–Crippen MR) is 150 cm³/mol. The van der Waals surface area contributed by atoms with Crippen LogP contribution >= 0.6 is 23.4 Å². The molecule has 8 nitrogen and oxygen atoms in total. The fraction of sp³-hybridized carbons (Fsp3) is 0.214. The fourth-order valence-electron chi connectivity index (χ4n) is 4.29. The molecule has 0 aromatic heterocycles. The number of ether oxygens (including phenoxy) is 2. The van der Waals surface area contributed by atoms with E-state index in [9.17, 15) is 14.0 Å². The maximum Gasteiger partial charge on any atom is 0.262 e. The van der Waals surface area contributed by atoms with Gasteiger partial charge in [-0.3, -0.25) is 9.59 Å². The van der Waals surface area contributed by atoms with E-state index < -0.39 is 22.9 Å². The second-order valence-electron chi connectivity index (χ2n) is 8.83. The summed E-state index contributed by atoms with van der Waals surface area (Å²) in [6.45, 7) is 0. The van der Waals surface area contributed by atoms with Gasteiger partial charge in [0.1, 0.15) is 22.6 Å². The lowest BCUT2D eigenvalue weighted by Gasteiger charge is -2.23. The molecule has 0 fully saturated rings. The number of rotatable bonds is 7. The zero-order valence-electron chi connectivity index (χ0n) is 21.1. The second kappa shape index (κ2) is 11.5. The van der Waals surface area contributed by atoms with E-state index in [2.05, 4.69) is 10.3 Å². The van der Waals surface area contributed by atoms with Gasteiger partial charge in [-0.25, -0.2) is 9.40 Å². The lowest BCUT2D eigenvalue weighted by atomic mass is 9.98. The highest BCUT2D eigenvalue weighted by Crippen LogP contribution is 2.39. The van der Waals surface area contributed by atoms with E-state index in [4.69, 9.17) is 26.2 Å². The molecule has 11 heteroatoms. The van der Waals surface area contributed by atoms with E-state index in [1.54, 1.807) is 19.2 Å². The maximum atomic E-state index is 13.4. The summed E-state index contributed by atoms with van der Waals surface area (Å²) in [4.78, 5) is 29.7. The highest BCUT2D eigenvalue weighted by molar-refractivity contribution is 8.15. The molecule has 3 aromatic carbocycles. The quantitative estimate of drug-likeness (QED) is 0.396. The molecule has 0 saturated carbocycles. The molecule has 39 heavy (non-hydrogen) atoms. The molecule has 200 valence electrons. The second-order valence-corrected chi connectivity index (χ2v) is 10.4. The lowest BCUT2D eigenvalue weighted by molar-refractivity contribution is -0.121. The Morgan fingerprint density at radius 1 is 1.08 bits per heavy atom. The Morgan fingerprint density at radius 3 is 2.38 bits per heavy atom. The summed E-state index contributed by atoms with van der Waals surface area (Å²) in [5.41, 5.74) is 3.09. The Kier molecular flexibility index (Phi) is 7.85. The number of amides is 2. The molecule has 0 bridgehead atoms. The van der Waals surface area contributed by atoms with Crippen molar-refractivity contribution >= 4 is 51.7 Å². The Labute approximate surface area is 233 Å². The van der Waals surface area contributed by atoms with Crippen LogP contribution in [-0.2, 0) is 9.59 Å². The summed E-state index contributed by atoms with van der Waals surface area (Å²) in [5.74, 6) is 0.0716. The summed E-state index contributed by atoms with van der Waals surface area (Å²) < 4.78 is 24.0. The normalized spacial score (nSPS) is 18.6. The monoisotopic (exact) mass is 566 g/mol. The van der Waals surface area contributed by atoms with Crippen molar-refractivity contribution in [3.05, 3.63) is 88.7 Å². The third-order valence-electron chi connectivity index (χ3n) is 6.33. The molecule has 0 unspecified atom stereocenters. The molecule has 0 spiro atoms. The van der Waals surface area contributed by atoms with Crippen LogP contribution in [0.4, 0.5) is 10.1 Å². The van der Waals surface area contributed by atoms with Crippen LogP contribution in [0, 0.1) is 5.82 Å². The molecular formula is C28H24ClFN4O4S. The van der Waals surface area contributed by atoms with Gasteiger partial charge in [-0.05, 0) is 65.7 Å². The summed E-state index contributed by atoms with van der Waals surface area (Å²) in [5, 5.41) is 8.87. The maximum absolute atomic E-state index is 13.4. The molecular weight excluding hydrogens is 543 g/mol. The van der Waals surface area contributed by atoms with E-state index in [0.29, 0.717) is 17.3 Å². The number of carbonyl (C=O) groups excluding carboxylic acids is 2. The number of benzene rings is 3.